The highest BCUT2D eigenvalue weighted by Gasteiger charge is 2.46. The molecule has 0 radical (unpaired) electrons. The molecule has 7 heteroatoms. The number of hydrogen-bond acceptors (Lipinski definition) is 6. The molecule has 1 N–H and O–H groups in total. The smallest absolute Gasteiger partial charge is 0.295 e. The van der Waals surface area contributed by atoms with E-state index in [4.69, 9.17) is 14.2 Å². The predicted molar refractivity (Wildman–Crippen MR) is 125 cm³/mol. The van der Waals surface area contributed by atoms with E-state index in [0.29, 0.717) is 35.8 Å². The number of amides is 1. The summed E-state index contributed by atoms with van der Waals surface area (Å²) in [7, 11) is 1.53. The van der Waals surface area contributed by atoms with Crippen molar-refractivity contribution in [3.8, 4) is 11.5 Å². The van der Waals surface area contributed by atoms with Gasteiger partial charge in [0, 0.05) is 19.2 Å². The van der Waals surface area contributed by atoms with Crippen molar-refractivity contribution in [2.24, 2.45) is 0 Å². The summed E-state index contributed by atoms with van der Waals surface area (Å²) < 4.78 is 16.4. The lowest BCUT2D eigenvalue weighted by Gasteiger charge is -2.25. The topological polar surface area (TPSA) is 85.3 Å². The van der Waals surface area contributed by atoms with Gasteiger partial charge in [0.05, 0.1) is 24.8 Å². The SMILES string of the molecule is C=CCOc1cccc([C@@H]2C(=C(O)c3ccc(OCCC)cc3)C(=O)C(=O)N2CCOC)c1. The average Bonchev–Trinajstić information content (AvgIpc) is 3.09. The number of carbonyl (C=O) groups is 2. The Morgan fingerprint density at radius 1 is 1.09 bits per heavy atom. The van der Waals surface area contributed by atoms with Crippen molar-refractivity contribution in [3.63, 3.8) is 0 Å². The lowest BCUT2D eigenvalue weighted by molar-refractivity contribution is -0.140. The van der Waals surface area contributed by atoms with Crippen molar-refractivity contribution in [3.05, 3.63) is 77.9 Å². The maximum Gasteiger partial charge on any atom is 0.295 e. The molecule has 1 heterocycles. The Labute approximate surface area is 193 Å². The fraction of sp³-hybridized carbons (Fsp3) is 0.308. The molecule has 0 aromatic heterocycles. The van der Waals surface area contributed by atoms with Crippen molar-refractivity contribution in [2.45, 2.75) is 19.4 Å². The van der Waals surface area contributed by atoms with Crippen LogP contribution >= 0.6 is 0 Å². The molecule has 1 aliphatic heterocycles. The first-order valence-electron chi connectivity index (χ1n) is 10.9. The molecule has 3 rings (SSSR count). The molecule has 0 unspecified atom stereocenters. The number of ether oxygens (including phenoxy) is 3. The van der Waals surface area contributed by atoms with Gasteiger partial charge in [0.25, 0.3) is 11.7 Å². The number of aliphatic hydroxyl groups excluding tert-OH is 1. The van der Waals surface area contributed by atoms with Crippen LogP contribution in [-0.4, -0.2) is 55.2 Å². The van der Waals surface area contributed by atoms with Crippen LogP contribution in [0.5, 0.6) is 11.5 Å². The lowest BCUT2D eigenvalue weighted by Crippen LogP contribution is -2.32. The summed E-state index contributed by atoms with van der Waals surface area (Å²) in [4.78, 5) is 27.3. The molecule has 0 saturated carbocycles. The molecule has 1 amide bonds. The predicted octanol–water partition coefficient (Wildman–Crippen LogP) is 4.11. The van der Waals surface area contributed by atoms with Crippen LogP contribution in [-0.2, 0) is 14.3 Å². The van der Waals surface area contributed by atoms with E-state index in [0.717, 1.165) is 6.42 Å². The highest BCUT2D eigenvalue weighted by molar-refractivity contribution is 6.46. The Kier molecular flexibility index (Phi) is 8.27. The van der Waals surface area contributed by atoms with Gasteiger partial charge in [-0.15, -0.1) is 0 Å². The standard InChI is InChI=1S/C26H29NO6/c1-4-14-32-20-11-9-18(10-12-20)24(28)22-23(27(13-16-31-3)26(30)25(22)29)19-7-6-8-21(17-19)33-15-5-2/h5-12,17,23,28H,2,4,13-16H2,1,3H3/t23-/m1/s1. The fourth-order valence-corrected chi connectivity index (χ4v) is 3.66. The maximum atomic E-state index is 13.0. The lowest BCUT2D eigenvalue weighted by atomic mass is 9.95. The van der Waals surface area contributed by atoms with Crippen molar-refractivity contribution in [1.82, 2.24) is 4.90 Å². The molecule has 0 bridgehead atoms. The second kappa shape index (κ2) is 11.3. The minimum atomic E-state index is -0.775. The Hall–Kier alpha value is -3.58. The Morgan fingerprint density at radius 3 is 2.52 bits per heavy atom. The van der Waals surface area contributed by atoms with Gasteiger partial charge in [0.1, 0.15) is 23.9 Å². The zero-order chi connectivity index (χ0) is 23.8. The molecule has 0 spiro atoms. The number of carbonyl (C=O) groups excluding carboxylic acids is 2. The van der Waals surface area contributed by atoms with Gasteiger partial charge in [-0.1, -0.05) is 31.7 Å². The summed E-state index contributed by atoms with van der Waals surface area (Å²) >= 11 is 0. The molecule has 2 aromatic carbocycles. The van der Waals surface area contributed by atoms with E-state index >= 15 is 0 Å². The molecule has 0 aliphatic carbocycles. The zero-order valence-corrected chi connectivity index (χ0v) is 19.0. The monoisotopic (exact) mass is 451 g/mol. The summed E-state index contributed by atoms with van der Waals surface area (Å²) in [5.41, 5.74) is 1.10. The summed E-state index contributed by atoms with van der Waals surface area (Å²) in [5, 5.41) is 11.1. The number of ketones is 1. The Bertz CT molecular complexity index is 1030. The molecule has 1 atom stereocenters. The summed E-state index contributed by atoms with van der Waals surface area (Å²) in [6, 6.07) is 13.1. The van der Waals surface area contributed by atoms with Crippen molar-refractivity contribution in [1.29, 1.82) is 0 Å². The van der Waals surface area contributed by atoms with E-state index in [-0.39, 0.29) is 24.5 Å². The fourth-order valence-electron chi connectivity index (χ4n) is 3.66. The van der Waals surface area contributed by atoms with E-state index in [9.17, 15) is 14.7 Å². The van der Waals surface area contributed by atoms with Crippen LogP contribution in [0.25, 0.3) is 5.76 Å². The number of methoxy groups -OCH3 is 1. The number of nitrogens with zero attached hydrogens (tertiary/aromatic N) is 1. The highest BCUT2D eigenvalue weighted by Crippen LogP contribution is 2.40. The van der Waals surface area contributed by atoms with E-state index < -0.39 is 17.7 Å². The summed E-state index contributed by atoms with van der Waals surface area (Å²) in [6.07, 6.45) is 2.51. The van der Waals surface area contributed by atoms with Crippen LogP contribution in [0.2, 0.25) is 0 Å². The number of likely N-dealkylation sites (tertiary alicyclic amines) is 1. The van der Waals surface area contributed by atoms with Crippen LogP contribution in [0, 0.1) is 0 Å². The van der Waals surface area contributed by atoms with Crippen LogP contribution in [0.3, 0.4) is 0 Å². The maximum absolute atomic E-state index is 13.0. The van der Waals surface area contributed by atoms with Gasteiger partial charge in [0.15, 0.2) is 0 Å². The summed E-state index contributed by atoms with van der Waals surface area (Å²) in [6.45, 7) is 7.01. The second-order valence-corrected chi connectivity index (χ2v) is 7.53. The van der Waals surface area contributed by atoms with Crippen LogP contribution in [0.4, 0.5) is 0 Å². The third-order valence-corrected chi connectivity index (χ3v) is 5.22. The second-order valence-electron chi connectivity index (χ2n) is 7.53. The third kappa shape index (κ3) is 5.43. The number of rotatable bonds is 11. The van der Waals surface area contributed by atoms with Gasteiger partial charge in [-0.3, -0.25) is 9.59 Å². The third-order valence-electron chi connectivity index (χ3n) is 5.22. The zero-order valence-electron chi connectivity index (χ0n) is 19.0. The Balaban J connectivity index is 2.05. The van der Waals surface area contributed by atoms with Crippen LogP contribution in [0.1, 0.15) is 30.5 Å². The van der Waals surface area contributed by atoms with Gasteiger partial charge in [-0.05, 0) is 48.4 Å². The van der Waals surface area contributed by atoms with Crippen molar-refractivity contribution in [2.75, 3.05) is 33.5 Å². The van der Waals surface area contributed by atoms with Gasteiger partial charge in [0.2, 0.25) is 0 Å². The van der Waals surface area contributed by atoms with Gasteiger partial charge >= 0.3 is 0 Å². The van der Waals surface area contributed by atoms with Gasteiger partial charge in [-0.25, -0.2) is 0 Å². The first kappa shape index (κ1) is 24.1. The van der Waals surface area contributed by atoms with Gasteiger partial charge in [-0.2, -0.15) is 0 Å². The van der Waals surface area contributed by atoms with E-state index in [1.165, 1.54) is 12.0 Å². The molecule has 1 saturated heterocycles. The molecular weight excluding hydrogens is 422 g/mol. The molecular formula is C26H29NO6. The van der Waals surface area contributed by atoms with Crippen molar-refractivity contribution < 1.29 is 28.9 Å². The molecule has 1 fully saturated rings. The van der Waals surface area contributed by atoms with Crippen LogP contribution in [0.15, 0.2) is 66.8 Å². The number of hydrogen-bond donors (Lipinski definition) is 1. The normalized spacial score (nSPS) is 17.3. The molecule has 2 aromatic rings. The van der Waals surface area contributed by atoms with Gasteiger partial charge < -0.3 is 24.2 Å². The minimum Gasteiger partial charge on any atom is -0.507 e. The van der Waals surface area contributed by atoms with E-state index in [2.05, 4.69) is 6.58 Å². The largest absolute Gasteiger partial charge is 0.507 e. The first-order chi connectivity index (χ1) is 16.0. The number of benzene rings is 2. The van der Waals surface area contributed by atoms with E-state index in [1.807, 2.05) is 6.92 Å². The quantitative estimate of drug-likeness (QED) is 0.240. The van der Waals surface area contributed by atoms with Crippen molar-refractivity contribution >= 4 is 17.4 Å². The Morgan fingerprint density at radius 2 is 1.85 bits per heavy atom. The number of aliphatic hydroxyl groups is 1. The summed E-state index contributed by atoms with van der Waals surface area (Å²) in [5.74, 6) is -0.423. The highest BCUT2D eigenvalue weighted by atomic mass is 16.5. The molecule has 7 nitrogen and oxygen atoms in total. The molecule has 174 valence electrons. The minimum absolute atomic E-state index is 0.0270. The first-order valence-corrected chi connectivity index (χ1v) is 10.9. The van der Waals surface area contributed by atoms with Crippen LogP contribution < -0.4 is 9.47 Å². The molecule has 1 aliphatic rings. The average molecular weight is 452 g/mol. The van der Waals surface area contributed by atoms with E-state index in [1.54, 1.807) is 54.6 Å². The molecule has 33 heavy (non-hydrogen) atoms. The number of Topliss-reactive ketones (excluding diaryl/α,β-unsaturated/α-hetero) is 1.